The van der Waals surface area contributed by atoms with Gasteiger partial charge in [0.15, 0.2) is 0 Å². The fourth-order valence-electron chi connectivity index (χ4n) is 3.16. The maximum Gasteiger partial charge on any atom is 0.217 e. The van der Waals surface area contributed by atoms with E-state index < -0.39 is 5.82 Å². The predicted octanol–water partition coefficient (Wildman–Crippen LogP) is 2.08. The molecule has 150 valence electrons. The Bertz CT molecular complexity index is 965. The van der Waals surface area contributed by atoms with Crippen molar-refractivity contribution in [3.05, 3.63) is 66.3 Å². The van der Waals surface area contributed by atoms with Crippen molar-refractivity contribution >= 4 is 17.2 Å². The van der Waals surface area contributed by atoms with Gasteiger partial charge < -0.3 is 16.0 Å². The number of halogens is 1. The number of benzene rings is 1. The van der Waals surface area contributed by atoms with Crippen LogP contribution >= 0.6 is 0 Å². The number of rotatable bonds is 9. The smallest absolute Gasteiger partial charge is 0.217 e. The third-order valence-corrected chi connectivity index (χ3v) is 4.66. The topological polar surface area (TPSA) is 96.8 Å². The Hall–Kier alpha value is -3.33. The molecule has 9 heteroatoms. The number of para-hydroxylation sites is 2. The molecular weight excluding hydrogens is 373 g/mol. The summed E-state index contributed by atoms with van der Waals surface area (Å²) >= 11 is 0. The van der Waals surface area contributed by atoms with E-state index in [-0.39, 0.29) is 36.3 Å². The zero-order valence-corrected chi connectivity index (χ0v) is 15.8. The molecule has 0 atom stereocenters. The van der Waals surface area contributed by atoms with Gasteiger partial charge in [-0.1, -0.05) is 12.1 Å². The van der Waals surface area contributed by atoms with Crippen LogP contribution in [-0.2, 0) is 13.0 Å². The lowest BCUT2D eigenvalue weighted by Gasteiger charge is -2.13. The number of aryl methyl sites for hydroxylation is 1. The minimum absolute atomic E-state index is 0.121. The number of hydrogen-bond donors (Lipinski definition) is 3. The fraction of sp³-hybridized carbons (Fsp3) is 0.300. The van der Waals surface area contributed by atoms with Crippen LogP contribution in [0.5, 0.6) is 0 Å². The number of Topliss-reactive ketones (excluding diaryl/α,β-unsaturated/α-hetero) is 1. The molecule has 3 aromatic rings. The van der Waals surface area contributed by atoms with Gasteiger partial charge in [-0.15, -0.1) is 5.10 Å². The van der Waals surface area contributed by atoms with E-state index in [0.29, 0.717) is 13.1 Å². The molecule has 29 heavy (non-hydrogen) atoms. The number of nitrogens with one attached hydrogen (secondary N) is 3. The fourth-order valence-corrected chi connectivity index (χ4v) is 3.16. The third-order valence-electron chi connectivity index (χ3n) is 4.66. The molecule has 0 unspecified atom stereocenters. The Balaban J connectivity index is 1.19. The van der Waals surface area contributed by atoms with Gasteiger partial charge in [0.25, 0.3) is 0 Å². The number of nitrogens with zero attached hydrogens (tertiary/aromatic N) is 4. The van der Waals surface area contributed by atoms with Crippen LogP contribution in [0.25, 0.3) is 0 Å². The maximum atomic E-state index is 13.6. The molecule has 0 saturated heterocycles. The van der Waals surface area contributed by atoms with E-state index in [9.17, 15) is 9.18 Å². The van der Waals surface area contributed by atoms with Crippen molar-refractivity contribution in [2.75, 3.05) is 23.7 Å². The molecule has 1 aliphatic heterocycles. The molecule has 4 rings (SSSR count). The van der Waals surface area contributed by atoms with Crippen LogP contribution in [0.2, 0.25) is 0 Å². The Morgan fingerprint density at radius 3 is 2.69 bits per heavy atom. The SMILES string of the molecule is O=C(CCc1ncccc1F)c1ncn(CCNCC2Nc3ccccc3N2)n1. The lowest BCUT2D eigenvalue weighted by atomic mass is 10.1. The summed E-state index contributed by atoms with van der Waals surface area (Å²) in [7, 11) is 0. The molecule has 8 nitrogen and oxygen atoms in total. The summed E-state index contributed by atoms with van der Waals surface area (Å²) in [6.07, 6.45) is 3.53. The molecule has 1 aliphatic rings. The summed E-state index contributed by atoms with van der Waals surface area (Å²) in [6, 6.07) is 10.9. The van der Waals surface area contributed by atoms with Crippen LogP contribution in [0.1, 0.15) is 22.7 Å². The zero-order chi connectivity index (χ0) is 20.1. The van der Waals surface area contributed by atoms with Crippen LogP contribution in [0.4, 0.5) is 15.8 Å². The highest BCUT2D eigenvalue weighted by Gasteiger charge is 2.18. The molecule has 3 N–H and O–H groups in total. The van der Waals surface area contributed by atoms with Crippen LogP contribution in [-0.4, -0.2) is 44.8 Å². The van der Waals surface area contributed by atoms with Crippen LogP contribution in [0.3, 0.4) is 0 Å². The second kappa shape index (κ2) is 8.78. The quantitative estimate of drug-likeness (QED) is 0.377. The Labute approximate surface area is 167 Å². The third kappa shape index (κ3) is 4.75. The minimum Gasteiger partial charge on any atom is -0.363 e. The van der Waals surface area contributed by atoms with Crippen molar-refractivity contribution in [2.24, 2.45) is 0 Å². The van der Waals surface area contributed by atoms with Gasteiger partial charge in [0, 0.05) is 25.7 Å². The average molecular weight is 395 g/mol. The lowest BCUT2D eigenvalue weighted by molar-refractivity contribution is 0.0972. The molecule has 2 aromatic heterocycles. The standard InChI is InChI=1S/C20H22FN7O/c21-14-4-3-9-23-15(14)7-8-18(29)20-24-13-28(27-20)11-10-22-12-19-25-16-5-1-2-6-17(16)26-19/h1-6,9,13,19,22,25-26H,7-8,10-12H2. The minimum atomic E-state index is -0.404. The number of aromatic nitrogens is 4. The zero-order valence-electron chi connectivity index (χ0n) is 15.8. The average Bonchev–Trinajstić information content (AvgIpc) is 3.37. The number of carbonyl (C=O) groups is 1. The number of ketones is 1. The second-order valence-corrected chi connectivity index (χ2v) is 6.78. The van der Waals surface area contributed by atoms with Gasteiger partial charge >= 0.3 is 0 Å². The van der Waals surface area contributed by atoms with Crippen molar-refractivity contribution in [3.63, 3.8) is 0 Å². The predicted molar refractivity (Wildman–Crippen MR) is 107 cm³/mol. The molecular formula is C20H22FN7O. The van der Waals surface area contributed by atoms with Crippen molar-refractivity contribution < 1.29 is 9.18 Å². The molecule has 0 fully saturated rings. The Morgan fingerprint density at radius 1 is 1.14 bits per heavy atom. The highest BCUT2D eigenvalue weighted by Crippen LogP contribution is 2.27. The van der Waals surface area contributed by atoms with E-state index in [1.807, 2.05) is 24.3 Å². The highest BCUT2D eigenvalue weighted by molar-refractivity contribution is 5.92. The van der Waals surface area contributed by atoms with Gasteiger partial charge in [-0.25, -0.2) is 9.37 Å². The first-order chi connectivity index (χ1) is 14.2. The summed E-state index contributed by atoms with van der Waals surface area (Å²) in [5, 5.41) is 14.4. The Morgan fingerprint density at radius 2 is 1.93 bits per heavy atom. The van der Waals surface area contributed by atoms with Gasteiger partial charge in [-0.3, -0.25) is 14.5 Å². The summed E-state index contributed by atoms with van der Waals surface area (Å²) < 4.78 is 15.2. The van der Waals surface area contributed by atoms with Crippen LogP contribution in [0, 0.1) is 5.82 Å². The van der Waals surface area contributed by atoms with Gasteiger partial charge in [0.1, 0.15) is 18.3 Å². The van der Waals surface area contributed by atoms with E-state index in [1.54, 1.807) is 4.68 Å². The second-order valence-electron chi connectivity index (χ2n) is 6.78. The van der Waals surface area contributed by atoms with Crippen LogP contribution in [0.15, 0.2) is 48.9 Å². The van der Waals surface area contributed by atoms with Gasteiger partial charge in [0.05, 0.1) is 23.6 Å². The largest absolute Gasteiger partial charge is 0.363 e. The van der Waals surface area contributed by atoms with Gasteiger partial charge in [-0.05, 0) is 30.7 Å². The van der Waals surface area contributed by atoms with E-state index in [1.165, 1.54) is 24.7 Å². The molecule has 0 radical (unpaired) electrons. The normalized spacial score (nSPS) is 13.0. The van der Waals surface area contributed by atoms with Gasteiger partial charge in [-0.2, -0.15) is 0 Å². The number of hydrogen-bond acceptors (Lipinski definition) is 7. The molecule has 0 bridgehead atoms. The van der Waals surface area contributed by atoms with E-state index in [4.69, 9.17) is 0 Å². The summed E-state index contributed by atoms with van der Waals surface area (Å²) in [5.41, 5.74) is 2.48. The van der Waals surface area contributed by atoms with Crippen molar-refractivity contribution in [2.45, 2.75) is 25.6 Å². The highest BCUT2D eigenvalue weighted by atomic mass is 19.1. The van der Waals surface area contributed by atoms with E-state index in [0.717, 1.165) is 17.9 Å². The summed E-state index contributed by atoms with van der Waals surface area (Å²) in [5.74, 6) is -0.478. The first-order valence-electron chi connectivity index (χ1n) is 9.54. The van der Waals surface area contributed by atoms with Gasteiger partial charge in [0.2, 0.25) is 11.6 Å². The van der Waals surface area contributed by atoms with Crippen molar-refractivity contribution in [3.8, 4) is 0 Å². The molecule has 0 amide bonds. The van der Waals surface area contributed by atoms with E-state index >= 15 is 0 Å². The first-order valence-corrected chi connectivity index (χ1v) is 9.54. The number of pyridine rings is 1. The Kier molecular flexibility index (Phi) is 5.76. The molecule has 0 spiro atoms. The summed E-state index contributed by atoms with van der Waals surface area (Å²) in [6.45, 7) is 2.02. The number of carbonyl (C=O) groups excluding carboxylic acids is 1. The number of fused-ring (bicyclic) bond motifs is 1. The number of anilines is 2. The maximum absolute atomic E-state index is 13.6. The molecule has 0 saturated carbocycles. The van der Waals surface area contributed by atoms with Crippen molar-refractivity contribution in [1.82, 2.24) is 25.1 Å². The molecule has 1 aromatic carbocycles. The lowest BCUT2D eigenvalue weighted by Crippen LogP contribution is -2.36. The van der Waals surface area contributed by atoms with E-state index in [2.05, 4.69) is 31.0 Å². The monoisotopic (exact) mass is 395 g/mol. The summed E-state index contributed by atoms with van der Waals surface area (Å²) in [4.78, 5) is 20.3. The van der Waals surface area contributed by atoms with Crippen molar-refractivity contribution in [1.29, 1.82) is 0 Å². The molecule has 0 aliphatic carbocycles. The molecule has 3 heterocycles. The van der Waals surface area contributed by atoms with Crippen LogP contribution < -0.4 is 16.0 Å². The first kappa shape index (κ1) is 19.0.